The maximum Gasteiger partial charge on any atom is 0.141 e. The summed E-state index contributed by atoms with van der Waals surface area (Å²) in [6.45, 7) is 9.37. The van der Waals surface area contributed by atoms with Crippen LogP contribution in [-0.4, -0.2) is 60.1 Å². The fourth-order valence-electron chi connectivity index (χ4n) is 8.76. The molecule has 4 heteroatoms. The van der Waals surface area contributed by atoms with Crippen molar-refractivity contribution in [1.29, 1.82) is 0 Å². The SMILES string of the molecule is C[C@@H]1CN2CCC[C@@H]3CCCCCC[C@H]4O[C@H]5[C@H](CCCCCC[C@@H](C1=O)[C@H]32)CCCN5C[C@@H]4C. The number of carbonyl (C=O) groups is 1. The Bertz CT molecular complexity index is 683. The number of Topliss-reactive ketones (excluding diaryl/α,β-unsaturated/α-hetero) is 1. The summed E-state index contributed by atoms with van der Waals surface area (Å²) < 4.78 is 6.85. The van der Waals surface area contributed by atoms with Crippen LogP contribution < -0.4 is 0 Å². The van der Waals surface area contributed by atoms with E-state index in [9.17, 15) is 4.79 Å². The minimum atomic E-state index is 0.243. The Kier molecular flexibility index (Phi) is 9.27. The zero-order valence-corrected chi connectivity index (χ0v) is 23.0. The highest BCUT2D eigenvalue weighted by atomic mass is 16.5. The second-order valence-electron chi connectivity index (χ2n) is 13.2. The van der Waals surface area contributed by atoms with Crippen molar-refractivity contribution < 1.29 is 9.53 Å². The second-order valence-corrected chi connectivity index (χ2v) is 13.2. The van der Waals surface area contributed by atoms with Crippen molar-refractivity contribution in [3.05, 3.63) is 0 Å². The lowest BCUT2D eigenvalue weighted by Crippen LogP contribution is -2.58. The molecule has 4 nitrogen and oxygen atoms in total. The molecule has 0 saturated carbocycles. The molecule has 0 radical (unpaired) electrons. The molecule has 0 unspecified atom stereocenters. The summed E-state index contributed by atoms with van der Waals surface area (Å²) in [6.07, 6.45) is 21.9. The lowest BCUT2D eigenvalue weighted by Gasteiger charge is -2.50. The van der Waals surface area contributed by atoms with E-state index in [1.165, 1.54) is 116 Å². The van der Waals surface area contributed by atoms with Gasteiger partial charge in [0.25, 0.3) is 0 Å². The van der Waals surface area contributed by atoms with Gasteiger partial charge in [-0.25, -0.2) is 0 Å². The van der Waals surface area contributed by atoms with Crippen LogP contribution in [0.5, 0.6) is 0 Å². The second kappa shape index (κ2) is 12.4. The molecule has 200 valence electrons. The average molecular weight is 487 g/mol. The molecule has 5 fully saturated rings. The molecular formula is C31H54N2O2. The van der Waals surface area contributed by atoms with Gasteiger partial charge in [-0.2, -0.15) is 0 Å². The Morgan fingerprint density at radius 2 is 1.26 bits per heavy atom. The first-order valence-electron chi connectivity index (χ1n) is 15.8. The first-order valence-corrected chi connectivity index (χ1v) is 15.8. The number of carbonyl (C=O) groups excluding carboxylic acids is 1. The maximum atomic E-state index is 13.4. The summed E-state index contributed by atoms with van der Waals surface area (Å²) in [5, 5.41) is 0. The van der Waals surface area contributed by atoms with Crippen molar-refractivity contribution in [1.82, 2.24) is 9.80 Å². The molecule has 0 spiro atoms. The Hall–Kier alpha value is -0.450. The van der Waals surface area contributed by atoms with Gasteiger partial charge in [0.05, 0.1) is 6.10 Å². The summed E-state index contributed by atoms with van der Waals surface area (Å²) in [4.78, 5) is 18.8. The van der Waals surface area contributed by atoms with Crippen molar-refractivity contribution in [3.8, 4) is 0 Å². The monoisotopic (exact) mass is 486 g/mol. The summed E-state index contributed by atoms with van der Waals surface area (Å²) in [5.41, 5.74) is 0. The number of rotatable bonds is 0. The molecule has 0 aromatic rings. The molecule has 35 heavy (non-hydrogen) atoms. The highest BCUT2D eigenvalue weighted by molar-refractivity contribution is 5.85. The van der Waals surface area contributed by atoms with Crippen LogP contribution in [0.25, 0.3) is 0 Å². The van der Waals surface area contributed by atoms with Gasteiger partial charge in [0.1, 0.15) is 12.0 Å². The Labute approximate surface area is 215 Å². The van der Waals surface area contributed by atoms with Crippen LogP contribution in [0.4, 0.5) is 0 Å². The number of hydrogen-bond donors (Lipinski definition) is 0. The van der Waals surface area contributed by atoms with Gasteiger partial charge in [0.2, 0.25) is 0 Å². The summed E-state index contributed by atoms with van der Waals surface area (Å²) >= 11 is 0. The summed E-state index contributed by atoms with van der Waals surface area (Å²) in [6, 6.07) is 0.552. The Balaban J connectivity index is 1.24. The summed E-state index contributed by atoms with van der Waals surface area (Å²) in [7, 11) is 0. The average Bonchev–Trinajstić information content (AvgIpc) is 2.85. The quantitative estimate of drug-likeness (QED) is 0.383. The number of piperidine rings is 3. The molecular weight excluding hydrogens is 432 g/mol. The zero-order chi connectivity index (χ0) is 24.2. The van der Waals surface area contributed by atoms with Crippen molar-refractivity contribution >= 4 is 5.78 Å². The molecule has 0 aromatic heterocycles. The van der Waals surface area contributed by atoms with Gasteiger partial charge < -0.3 is 4.74 Å². The van der Waals surface area contributed by atoms with Crippen molar-refractivity contribution in [2.75, 3.05) is 26.2 Å². The van der Waals surface area contributed by atoms with Crippen LogP contribution in [0.1, 0.15) is 117 Å². The van der Waals surface area contributed by atoms with E-state index < -0.39 is 0 Å². The highest BCUT2D eigenvalue weighted by Crippen LogP contribution is 2.40. The maximum absolute atomic E-state index is 13.4. The van der Waals surface area contributed by atoms with Crippen LogP contribution in [0.2, 0.25) is 0 Å². The van der Waals surface area contributed by atoms with Crippen molar-refractivity contribution in [2.24, 2.45) is 29.6 Å². The molecule has 0 N–H and O–H groups in total. The Morgan fingerprint density at radius 1 is 0.657 bits per heavy atom. The molecule has 5 aliphatic heterocycles. The highest BCUT2D eigenvalue weighted by Gasteiger charge is 2.45. The predicted octanol–water partition coefficient (Wildman–Crippen LogP) is 6.67. The van der Waals surface area contributed by atoms with E-state index in [4.69, 9.17) is 4.74 Å². The number of ether oxygens (including phenoxy) is 1. The molecule has 5 saturated heterocycles. The number of fused-ring (bicyclic) bond motifs is 1. The van der Waals surface area contributed by atoms with E-state index in [0.717, 1.165) is 24.8 Å². The minimum Gasteiger partial charge on any atom is -0.359 e. The standard InChI is InChI=1S/C31H54N2O2/c1-23-21-33-20-12-16-26-14-8-3-5-9-17-27-29-25(15-11-19-32(29)22-24(2)30(27)34)13-7-4-6-10-18-28(23)35-31(26)33/h23-29,31H,3-22H2,1-2H3/t23-,24+,25-,26+,27+,28+,29-,31-/m0/s1. The molecule has 0 aromatic carbocycles. The molecule has 5 heterocycles. The van der Waals surface area contributed by atoms with Crippen LogP contribution in [-0.2, 0) is 9.53 Å². The van der Waals surface area contributed by atoms with Crippen molar-refractivity contribution in [3.63, 3.8) is 0 Å². The third kappa shape index (κ3) is 6.17. The third-order valence-corrected chi connectivity index (χ3v) is 10.6. The smallest absolute Gasteiger partial charge is 0.141 e. The van der Waals surface area contributed by atoms with E-state index >= 15 is 0 Å². The van der Waals surface area contributed by atoms with Crippen LogP contribution in [0, 0.1) is 29.6 Å². The molecule has 2 bridgehead atoms. The first-order chi connectivity index (χ1) is 17.1. The molecule has 0 aliphatic carbocycles. The number of nitrogens with zero attached hydrogens (tertiary/aromatic N) is 2. The Morgan fingerprint density at radius 3 is 2.03 bits per heavy atom. The fraction of sp³-hybridized carbons (Fsp3) is 0.968. The largest absolute Gasteiger partial charge is 0.359 e. The van der Waals surface area contributed by atoms with E-state index in [1.54, 1.807) is 0 Å². The van der Waals surface area contributed by atoms with Gasteiger partial charge in [-0.15, -0.1) is 0 Å². The van der Waals surface area contributed by atoms with Crippen LogP contribution >= 0.6 is 0 Å². The van der Waals surface area contributed by atoms with Crippen LogP contribution in [0.15, 0.2) is 0 Å². The van der Waals surface area contributed by atoms with Gasteiger partial charge in [-0.3, -0.25) is 14.6 Å². The van der Waals surface area contributed by atoms with Crippen LogP contribution in [0.3, 0.4) is 0 Å². The summed E-state index contributed by atoms with van der Waals surface area (Å²) in [5.74, 6) is 3.32. The molecule has 8 atom stereocenters. The minimum absolute atomic E-state index is 0.243. The van der Waals surface area contributed by atoms with Gasteiger partial charge in [-0.05, 0) is 75.7 Å². The van der Waals surface area contributed by atoms with Gasteiger partial charge in [-0.1, -0.05) is 65.2 Å². The zero-order valence-electron chi connectivity index (χ0n) is 23.0. The molecule has 0 amide bonds. The topological polar surface area (TPSA) is 32.8 Å². The van der Waals surface area contributed by atoms with Gasteiger partial charge >= 0.3 is 0 Å². The third-order valence-electron chi connectivity index (χ3n) is 10.6. The van der Waals surface area contributed by atoms with E-state index in [-0.39, 0.29) is 5.92 Å². The van der Waals surface area contributed by atoms with E-state index in [2.05, 4.69) is 23.6 Å². The van der Waals surface area contributed by atoms with E-state index in [0.29, 0.717) is 36.0 Å². The number of hydrogen-bond acceptors (Lipinski definition) is 4. The fourth-order valence-corrected chi connectivity index (χ4v) is 8.76. The lowest BCUT2D eigenvalue weighted by atomic mass is 9.70. The number of ketones is 1. The molecule has 5 aliphatic rings. The first kappa shape index (κ1) is 26.2. The van der Waals surface area contributed by atoms with E-state index in [1.807, 2.05) is 0 Å². The normalized spacial score (nSPS) is 43.4. The predicted molar refractivity (Wildman–Crippen MR) is 143 cm³/mol. The lowest BCUT2D eigenvalue weighted by molar-refractivity contribution is -0.201. The van der Waals surface area contributed by atoms with Gasteiger partial charge in [0, 0.05) is 37.5 Å². The molecule has 5 rings (SSSR count). The van der Waals surface area contributed by atoms with Crippen molar-refractivity contribution in [2.45, 2.75) is 135 Å². The van der Waals surface area contributed by atoms with Gasteiger partial charge in [0.15, 0.2) is 0 Å².